The van der Waals surface area contributed by atoms with E-state index in [2.05, 4.69) is 5.10 Å². The minimum absolute atomic E-state index is 0.00441. The van der Waals surface area contributed by atoms with Gasteiger partial charge in [0.05, 0.1) is 17.9 Å². The summed E-state index contributed by atoms with van der Waals surface area (Å²) in [5.41, 5.74) is 1.15. The molecule has 0 fully saturated rings. The minimum Gasteiger partial charge on any atom is -0.461 e. The number of carbonyl (C=O) groups is 2. The van der Waals surface area contributed by atoms with Crippen LogP contribution in [0.4, 0.5) is 5.69 Å². The van der Waals surface area contributed by atoms with Crippen molar-refractivity contribution in [2.45, 2.75) is 13.8 Å². The van der Waals surface area contributed by atoms with E-state index in [4.69, 9.17) is 9.47 Å². The number of anilines is 1. The van der Waals surface area contributed by atoms with Crippen LogP contribution >= 0.6 is 0 Å². The van der Waals surface area contributed by atoms with Gasteiger partial charge in [-0.1, -0.05) is 12.1 Å². The highest BCUT2D eigenvalue weighted by molar-refractivity contribution is 6.51. The third-order valence-electron chi connectivity index (χ3n) is 3.84. The lowest BCUT2D eigenvalue weighted by Crippen LogP contribution is -2.22. The molecule has 7 nitrogen and oxygen atoms in total. The summed E-state index contributed by atoms with van der Waals surface area (Å²) in [4.78, 5) is 26.2. The van der Waals surface area contributed by atoms with Crippen LogP contribution in [-0.2, 0) is 14.3 Å². The zero-order chi connectivity index (χ0) is 18.0. The first-order chi connectivity index (χ1) is 12.1. The summed E-state index contributed by atoms with van der Waals surface area (Å²) in [7, 11) is 1.50. The first-order valence-corrected chi connectivity index (χ1v) is 8.07. The van der Waals surface area contributed by atoms with Crippen molar-refractivity contribution in [3.8, 4) is 5.75 Å². The summed E-state index contributed by atoms with van der Waals surface area (Å²) in [6, 6.07) is 7.68. The number of allylic oxidation sites excluding steroid dienone is 2. The number of rotatable bonds is 4. The van der Waals surface area contributed by atoms with Crippen molar-refractivity contribution in [2.24, 2.45) is 5.10 Å². The van der Waals surface area contributed by atoms with Gasteiger partial charge >= 0.3 is 5.97 Å². The minimum atomic E-state index is -0.618. The fourth-order valence-corrected chi connectivity index (χ4v) is 2.68. The molecule has 2 aliphatic rings. The van der Waals surface area contributed by atoms with E-state index in [0.29, 0.717) is 12.4 Å². The number of carbonyl (C=O) groups excluding carboxylic acids is 2. The average molecular weight is 341 g/mol. The van der Waals surface area contributed by atoms with E-state index < -0.39 is 5.97 Å². The second-order valence-electron chi connectivity index (χ2n) is 5.40. The monoisotopic (exact) mass is 341 g/mol. The quantitative estimate of drug-likeness (QED) is 0.619. The van der Waals surface area contributed by atoms with Crippen LogP contribution in [0.3, 0.4) is 0 Å². The Morgan fingerprint density at radius 3 is 2.76 bits per heavy atom. The van der Waals surface area contributed by atoms with Crippen LogP contribution in [0.2, 0.25) is 0 Å². The van der Waals surface area contributed by atoms with Crippen molar-refractivity contribution in [3.05, 3.63) is 47.9 Å². The molecule has 3 rings (SSSR count). The molecule has 25 heavy (non-hydrogen) atoms. The van der Waals surface area contributed by atoms with Crippen molar-refractivity contribution in [2.75, 3.05) is 25.1 Å². The molecule has 0 spiro atoms. The zero-order valence-corrected chi connectivity index (χ0v) is 14.4. The lowest BCUT2D eigenvalue weighted by Gasteiger charge is -2.14. The standard InChI is InChI=1S/C18H19N3O4/c1-4-21-13-8-6-7-9-14(13)25-15(21)11-10-12-16(18(23)24-5-2)19-20(3)17(12)22/h6-11H,4-5H2,1-3H3/b12-10+,15-11+. The van der Waals surface area contributed by atoms with E-state index in [1.807, 2.05) is 36.1 Å². The molecule has 7 heteroatoms. The Hall–Kier alpha value is -3.09. The fraction of sp³-hybridized carbons (Fsp3) is 0.278. The lowest BCUT2D eigenvalue weighted by atomic mass is 10.1. The Morgan fingerprint density at radius 2 is 2.04 bits per heavy atom. The van der Waals surface area contributed by atoms with Gasteiger partial charge in [-0.3, -0.25) is 4.79 Å². The summed E-state index contributed by atoms with van der Waals surface area (Å²) in [6.07, 6.45) is 3.22. The van der Waals surface area contributed by atoms with Crippen LogP contribution in [0.5, 0.6) is 5.75 Å². The van der Waals surface area contributed by atoms with Crippen molar-refractivity contribution in [1.82, 2.24) is 5.01 Å². The molecule has 0 radical (unpaired) electrons. The van der Waals surface area contributed by atoms with Gasteiger partial charge in [-0.2, -0.15) is 5.10 Å². The SMILES string of the molecule is CCOC(=O)C1=NN(C)C(=O)/C1=C/C=C1/Oc2ccccc2N1CC. The van der Waals surface area contributed by atoms with E-state index in [1.54, 1.807) is 19.1 Å². The van der Waals surface area contributed by atoms with Crippen molar-refractivity contribution in [1.29, 1.82) is 0 Å². The summed E-state index contributed by atoms with van der Waals surface area (Å²) < 4.78 is 10.8. The molecule has 0 N–H and O–H groups in total. The number of benzene rings is 1. The Balaban J connectivity index is 1.92. The fourth-order valence-electron chi connectivity index (χ4n) is 2.68. The van der Waals surface area contributed by atoms with Gasteiger partial charge in [0, 0.05) is 13.6 Å². The highest BCUT2D eigenvalue weighted by Gasteiger charge is 2.33. The van der Waals surface area contributed by atoms with Crippen LogP contribution in [0.1, 0.15) is 13.8 Å². The molecular formula is C18H19N3O4. The molecule has 130 valence electrons. The molecule has 2 aliphatic heterocycles. The van der Waals surface area contributed by atoms with Gasteiger partial charge in [0.15, 0.2) is 11.5 Å². The number of ether oxygens (including phenoxy) is 2. The first kappa shape index (κ1) is 16.8. The molecule has 1 aromatic carbocycles. The maximum Gasteiger partial charge on any atom is 0.359 e. The summed E-state index contributed by atoms with van der Waals surface area (Å²) in [6.45, 7) is 4.63. The Labute approximate surface area is 145 Å². The van der Waals surface area contributed by atoms with Crippen molar-refractivity contribution < 1.29 is 19.1 Å². The Morgan fingerprint density at radius 1 is 1.28 bits per heavy atom. The molecule has 1 amide bonds. The average Bonchev–Trinajstić information content (AvgIpc) is 3.11. The van der Waals surface area contributed by atoms with Gasteiger partial charge in [-0.25, -0.2) is 9.80 Å². The summed E-state index contributed by atoms with van der Waals surface area (Å²) in [5.74, 6) is 0.358. The number of nitrogens with zero attached hydrogens (tertiary/aromatic N) is 3. The number of hydrogen-bond acceptors (Lipinski definition) is 6. The van der Waals surface area contributed by atoms with E-state index in [-0.39, 0.29) is 23.8 Å². The smallest absolute Gasteiger partial charge is 0.359 e. The number of fused-ring (bicyclic) bond motifs is 1. The maximum absolute atomic E-state index is 12.3. The summed E-state index contributed by atoms with van der Waals surface area (Å²) >= 11 is 0. The molecule has 0 aromatic heterocycles. The number of esters is 1. The van der Waals surface area contributed by atoms with Gasteiger partial charge < -0.3 is 14.4 Å². The number of para-hydroxylation sites is 2. The van der Waals surface area contributed by atoms with Crippen molar-refractivity contribution >= 4 is 23.3 Å². The molecule has 0 saturated heterocycles. The lowest BCUT2D eigenvalue weighted by molar-refractivity contribution is -0.135. The van der Waals surface area contributed by atoms with Crippen LogP contribution in [-0.4, -0.2) is 42.8 Å². The largest absolute Gasteiger partial charge is 0.461 e. The van der Waals surface area contributed by atoms with E-state index >= 15 is 0 Å². The third kappa shape index (κ3) is 3.00. The molecule has 0 unspecified atom stereocenters. The molecule has 0 saturated carbocycles. The first-order valence-electron chi connectivity index (χ1n) is 8.07. The number of hydrazone groups is 1. The normalized spacial score (nSPS) is 19.3. The molecule has 1 aromatic rings. The Bertz CT molecular complexity index is 810. The Kier molecular flexibility index (Phi) is 4.56. The van der Waals surface area contributed by atoms with Crippen LogP contribution in [0.15, 0.2) is 53.0 Å². The third-order valence-corrected chi connectivity index (χ3v) is 3.84. The van der Waals surface area contributed by atoms with Gasteiger partial charge in [-0.05, 0) is 38.1 Å². The van der Waals surface area contributed by atoms with Gasteiger partial charge in [0.2, 0.25) is 5.88 Å². The van der Waals surface area contributed by atoms with Crippen LogP contribution < -0.4 is 9.64 Å². The van der Waals surface area contributed by atoms with Gasteiger partial charge in [0.1, 0.15) is 0 Å². The van der Waals surface area contributed by atoms with E-state index in [0.717, 1.165) is 16.4 Å². The van der Waals surface area contributed by atoms with E-state index in [1.165, 1.54) is 7.05 Å². The predicted molar refractivity (Wildman–Crippen MR) is 93.1 cm³/mol. The van der Waals surface area contributed by atoms with Gasteiger partial charge in [-0.15, -0.1) is 0 Å². The number of hydrogen-bond donors (Lipinski definition) is 0. The highest BCUT2D eigenvalue weighted by Crippen LogP contribution is 2.38. The van der Waals surface area contributed by atoms with E-state index in [9.17, 15) is 9.59 Å². The molecule has 0 bridgehead atoms. The highest BCUT2D eigenvalue weighted by atomic mass is 16.5. The molecular weight excluding hydrogens is 322 g/mol. The number of amides is 1. The zero-order valence-electron chi connectivity index (χ0n) is 14.4. The van der Waals surface area contributed by atoms with Crippen LogP contribution in [0, 0.1) is 0 Å². The topological polar surface area (TPSA) is 71.4 Å². The summed E-state index contributed by atoms with van der Waals surface area (Å²) in [5, 5.41) is 5.09. The predicted octanol–water partition coefficient (Wildman–Crippen LogP) is 2.06. The van der Waals surface area contributed by atoms with Crippen molar-refractivity contribution in [3.63, 3.8) is 0 Å². The van der Waals surface area contributed by atoms with Crippen LogP contribution in [0.25, 0.3) is 0 Å². The van der Waals surface area contributed by atoms with Gasteiger partial charge in [0.25, 0.3) is 5.91 Å². The second-order valence-corrected chi connectivity index (χ2v) is 5.40. The number of likely N-dealkylation sites (N-methyl/N-ethyl adjacent to an activating group) is 1. The maximum atomic E-state index is 12.3. The molecule has 0 aliphatic carbocycles. The second kappa shape index (κ2) is 6.80. The molecule has 0 atom stereocenters. The molecule has 2 heterocycles.